The summed E-state index contributed by atoms with van der Waals surface area (Å²) in [5, 5.41) is -0.200. The number of hydrogen-bond donors (Lipinski definition) is 0. The topological polar surface area (TPSA) is 80.3 Å². The number of piperidine rings is 1. The minimum Gasteiger partial charge on any atom is -0.472 e. The SMILES string of the molecule is C[C@@H]1CN(C(=O)c2nc3c(C(F)(F)F)cc(-c4ccoc4)cn3c2Cl)CC[C@@H]1N1CCOC1=O. The molecule has 2 amide bonds. The number of pyridine rings is 1. The first-order valence-corrected chi connectivity index (χ1v) is 11.1. The molecule has 2 atom stereocenters. The zero-order valence-corrected chi connectivity index (χ0v) is 18.8. The van der Waals surface area contributed by atoms with Crippen LogP contribution in [0.5, 0.6) is 0 Å². The first-order valence-electron chi connectivity index (χ1n) is 10.7. The fourth-order valence-electron chi connectivity index (χ4n) is 4.69. The maximum Gasteiger partial charge on any atom is 0.420 e. The molecule has 8 nitrogen and oxygen atoms in total. The molecule has 3 aromatic heterocycles. The van der Waals surface area contributed by atoms with E-state index in [-0.39, 0.29) is 34.5 Å². The van der Waals surface area contributed by atoms with Crippen molar-refractivity contribution in [2.75, 3.05) is 26.2 Å². The van der Waals surface area contributed by atoms with E-state index in [4.69, 9.17) is 20.8 Å². The number of rotatable bonds is 3. The highest BCUT2D eigenvalue weighted by Crippen LogP contribution is 2.37. The molecular formula is C22H20ClF3N4O4. The number of amides is 2. The van der Waals surface area contributed by atoms with Crippen molar-refractivity contribution in [2.24, 2.45) is 5.92 Å². The van der Waals surface area contributed by atoms with Crippen molar-refractivity contribution >= 4 is 29.2 Å². The molecule has 0 aliphatic carbocycles. The number of furan rings is 1. The number of ether oxygens (including phenoxy) is 1. The monoisotopic (exact) mass is 496 g/mol. The van der Waals surface area contributed by atoms with Gasteiger partial charge in [0.05, 0.1) is 24.6 Å². The van der Waals surface area contributed by atoms with Gasteiger partial charge in [0.2, 0.25) is 0 Å². The number of fused-ring (bicyclic) bond motifs is 1. The number of imidazole rings is 1. The summed E-state index contributed by atoms with van der Waals surface area (Å²) in [7, 11) is 0. The van der Waals surface area contributed by atoms with Gasteiger partial charge >= 0.3 is 12.3 Å². The summed E-state index contributed by atoms with van der Waals surface area (Å²) >= 11 is 6.41. The second-order valence-corrected chi connectivity index (χ2v) is 8.85. The highest BCUT2D eigenvalue weighted by Gasteiger charge is 2.40. The van der Waals surface area contributed by atoms with Gasteiger partial charge in [-0.2, -0.15) is 13.2 Å². The molecule has 2 saturated heterocycles. The van der Waals surface area contributed by atoms with Gasteiger partial charge in [0.25, 0.3) is 5.91 Å². The van der Waals surface area contributed by atoms with Crippen LogP contribution in [0.4, 0.5) is 18.0 Å². The van der Waals surface area contributed by atoms with Crippen molar-refractivity contribution in [3.8, 4) is 11.1 Å². The fraction of sp³-hybridized carbons (Fsp3) is 0.409. The summed E-state index contributed by atoms with van der Waals surface area (Å²) in [4.78, 5) is 32.4. The van der Waals surface area contributed by atoms with Crippen LogP contribution in [0.1, 0.15) is 29.4 Å². The van der Waals surface area contributed by atoms with E-state index >= 15 is 0 Å². The Labute approximate surface area is 196 Å². The molecule has 3 aromatic rings. The maximum absolute atomic E-state index is 13.9. The number of halogens is 4. The van der Waals surface area contributed by atoms with E-state index in [2.05, 4.69) is 4.98 Å². The number of alkyl halides is 3. The summed E-state index contributed by atoms with van der Waals surface area (Å²) in [5.41, 5.74) is -1.05. The molecule has 0 bridgehead atoms. The standard InChI is InChI=1S/C22H20ClF3N4O4/c1-12-9-28(4-2-16(12)29-5-7-34-21(29)32)20(31)17-18(23)30-10-14(13-3-6-33-11-13)8-15(19(30)27-17)22(24,25)26/h3,6,8,10-12,16H,2,4-5,7,9H2,1H3/t12-,16+/m1/s1. The highest BCUT2D eigenvalue weighted by molar-refractivity contribution is 6.33. The van der Waals surface area contributed by atoms with Gasteiger partial charge in [-0.1, -0.05) is 18.5 Å². The van der Waals surface area contributed by atoms with Crippen LogP contribution in [-0.4, -0.2) is 63.5 Å². The number of carbonyl (C=O) groups is 2. The summed E-state index contributed by atoms with van der Waals surface area (Å²) in [6.07, 6.45) is -0.495. The molecule has 5 rings (SSSR count). The second-order valence-electron chi connectivity index (χ2n) is 8.49. The van der Waals surface area contributed by atoms with Crippen molar-refractivity contribution in [1.29, 1.82) is 0 Å². The molecule has 12 heteroatoms. The molecule has 0 unspecified atom stereocenters. The van der Waals surface area contributed by atoms with Crippen LogP contribution < -0.4 is 0 Å². The van der Waals surface area contributed by atoms with Crippen LogP contribution in [0.25, 0.3) is 16.8 Å². The van der Waals surface area contributed by atoms with E-state index in [1.807, 2.05) is 6.92 Å². The smallest absolute Gasteiger partial charge is 0.420 e. The van der Waals surface area contributed by atoms with Crippen LogP contribution in [0.3, 0.4) is 0 Å². The van der Waals surface area contributed by atoms with E-state index in [9.17, 15) is 22.8 Å². The Morgan fingerprint density at radius 1 is 1.26 bits per heavy atom. The maximum atomic E-state index is 13.9. The third-order valence-corrected chi connectivity index (χ3v) is 6.73. The molecule has 34 heavy (non-hydrogen) atoms. The van der Waals surface area contributed by atoms with E-state index in [0.717, 1.165) is 10.5 Å². The lowest BCUT2D eigenvalue weighted by Gasteiger charge is -2.40. The van der Waals surface area contributed by atoms with Crippen molar-refractivity contribution in [3.05, 3.63) is 47.3 Å². The molecule has 0 N–H and O–H groups in total. The minimum atomic E-state index is -4.72. The van der Waals surface area contributed by atoms with Crippen LogP contribution >= 0.6 is 11.6 Å². The van der Waals surface area contributed by atoms with Crippen molar-refractivity contribution in [2.45, 2.75) is 25.6 Å². The molecule has 0 spiro atoms. The third kappa shape index (κ3) is 3.77. The molecule has 5 heterocycles. The van der Waals surface area contributed by atoms with Crippen molar-refractivity contribution in [3.63, 3.8) is 0 Å². The number of carbonyl (C=O) groups excluding carboxylic acids is 2. The zero-order chi connectivity index (χ0) is 24.2. The van der Waals surface area contributed by atoms with E-state index < -0.39 is 23.3 Å². The van der Waals surface area contributed by atoms with Gasteiger partial charge in [0.15, 0.2) is 11.3 Å². The quantitative estimate of drug-likeness (QED) is 0.530. The zero-order valence-electron chi connectivity index (χ0n) is 18.0. The predicted octanol–water partition coefficient (Wildman–Crippen LogP) is 4.57. The molecule has 2 aliphatic heterocycles. The Morgan fingerprint density at radius 2 is 2.06 bits per heavy atom. The van der Waals surface area contributed by atoms with E-state index in [1.54, 1.807) is 4.90 Å². The summed E-state index contributed by atoms with van der Waals surface area (Å²) in [5.74, 6) is -0.612. The molecule has 180 valence electrons. The molecule has 0 radical (unpaired) electrons. The average molecular weight is 497 g/mol. The summed E-state index contributed by atoms with van der Waals surface area (Å²) in [6, 6.07) is 2.41. The van der Waals surface area contributed by atoms with Crippen LogP contribution in [0.2, 0.25) is 5.15 Å². The second kappa shape index (κ2) is 8.23. The first-order chi connectivity index (χ1) is 16.1. The van der Waals surface area contributed by atoms with Gasteiger partial charge in [-0.15, -0.1) is 0 Å². The van der Waals surface area contributed by atoms with Gasteiger partial charge in [0, 0.05) is 36.5 Å². The Morgan fingerprint density at radius 3 is 2.68 bits per heavy atom. The Bertz CT molecular complexity index is 1260. The number of aromatic nitrogens is 2. The van der Waals surface area contributed by atoms with Crippen molar-refractivity contribution in [1.82, 2.24) is 19.2 Å². The average Bonchev–Trinajstić information content (AvgIpc) is 3.53. The molecule has 0 aromatic carbocycles. The number of likely N-dealkylation sites (tertiary alicyclic amines) is 1. The number of nitrogens with zero attached hydrogens (tertiary/aromatic N) is 4. The van der Waals surface area contributed by atoms with Gasteiger partial charge < -0.3 is 19.0 Å². The Balaban J connectivity index is 1.48. The summed E-state index contributed by atoms with van der Waals surface area (Å²) in [6.45, 7) is 3.38. The van der Waals surface area contributed by atoms with Crippen LogP contribution in [0, 0.1) is 5.92 Å². The Kier molecular flexibility index (Phi) is 5.46. The van der Waals surface area contributed by atoms with E-state index in [1.165, 1.54) is 29.7 Å². The van der Waals surface area contributed by atoms with E-state index in [0.29, 0.717) is 38.2 Å². The lowest BCUT2D eigenvalue weighted by molar-refractivity contribution is -0.136. The molecular weight excluding hydrogens is 477 g/mol. The van der Waals surface area contributed by atoms with Crippen LogP contribution in [-0.2, 0) is 10.9 Å². The normalized spacial score (nSPS) is 21.4. The largest absolute Gasteiger partial charge is 0.472 e. The van der Waals surface area contributed by atoms with Crippen LogP contribution in [0.15, 0.2) is 35.3 Å². The Hall–Kier alpha value is -3.21. The van der Waals surface area contributed by atoms with Gasteiger partial charge in [-0.25, -0.2) is 9.78 Å². The highest BCUT2D eigenvalue weighted by atomic mass is 35.5. The molecule has 2 aliphatic rings. The van der Waals surface area contributed by atoms with Gasteiger partial charge in [-0.05, 0) is 24.5 Å². The van der Waals surface area contributed by atoms with Crippen molar-refractivity contribution < 1.29 is 31.9 Å². The van der Waals surface area contributed by atoms with Gasteiger partial charge in [0.1, 0.15) is 11.8 Å². The predicted molar refractivity (Wildman–Crippen MR) is 114 cm³/mol. The first kappa shape index (κ1) is 22.6. The molecule has 2 fully saturated rings. The number of hydrogen-bond acceptors (Lipinski definition) is 5. The lowest BCUT2D eigenvalue weighted by Crippen LogP contribution is -2.52. The fourth-order valence-corrected chi connectivity index (χ4v) is 4.94. The van der Waals surface area contributed by atoms with Gasteiger partial charge in [-0.3, -0.25) is 9.20 Å². The third-order valence-electron chi connectivity index (χ3n) is 6.36. The lowest BCUT2D eigenvalue weighted by atomic mass is 9.92. The molecule has 0 saturated carbocycles. The summed E-state index contributed by atoms with van der Waals surface area (Å²) < 4.78 is 52.6. The number of cyclic esters (lactones) is 1. The minimum absolute atomic E-state index is 0.0578.